The van der Waals surface area contributed by atoms with Crippen molar-refractivity contribution in [1.82, 2.24) is 10.2 Å². The van der Waals surface area contributed by atoms with Crippen molar-refractivity contribution in [1.29, 1.82) is 0 Å². The maximum Gasteiger partial charge on any atom is 0.239 e. The Labute approximate surface area is 66.8 Å². The number of likely N-dealkylation sites (N-methyl/N-ethyl adjacent to an activating group) is 1. The van der Waals surface area contributed by atoms with Crippen LogP contribution in [0.15, 0.2) is 0 Å². The number of carbonyl (C=O) groups excluding carboxylic acids is 1. The van der Waals surface area contributed by atoms with Gasteiger partial charge in [0, 0.05) is 19.6 Å². The smallest absolute Gasteiger partial charge is 0.239 e. The molecule has 0 aromatic carbocycles. The predicted octanol–water partition coefficient (Wildman–Crippen LogP) is -0.0309. The van der Waals surface area contributed by atoms with Crippen LogP contribution in [0.5, 0.6) is 0 Å². The molecule has 0 radical (unpaired) electrons. The van der Waals surface area contributed by atoms with Gasteiger partial charge in [0.25, 0.3) is 0 Å². The zero-order valence-electron chi connectivity index (χ0n) is 6.84. The molecule has 1 N–H and O–H groups in total. The lowest BCUT2D eigenvalue weighted by Crippen LogP contribution is -2.38. The molecule has 11 heavy (non-hydrogen) atoms. The zero-order chi connectivity index (χ0) is 7.84. The molecule has 3 nitrogen and oxygen atoms in total. The molecule has 2 rings (SSSR count). The van der Waals surface area contributed by atoms with E-state index in [-0.39, 0.29) is 11.9 Å². The van der Waals surface area contributed by atoms with Crippen molar-refractivity contribution >= 4 is 5.91 Å². The third kappa shape index (κ3) is 1.38. The lowest BCUT2D eigenvalue weighted by molar-refractivity contribution is -0.128. The monoisotopic (exact) mass is 154 g/mol. The first-order valence-corrected chi connectivity index (χ1v) is 4.28. The summed E-state index contributed by atoms with van der Waals surface area (Å²) in [5.74, 6) is 0.275. The molecule has 1 atom stereocenters. The second-order valence-corrected chi connectivity index (χ2v) is 3.54. The zero-order valence-corrected chi connectivity index (χ0v) is 6.84. The summed E-state index contributed by atoms with van der Waals surface area (Å²) in [7, 11) is 1.87. The van der Waals surface area contributed by atoms with Crippen LogP contribution in [-0.2, 0) is 4.79 Å². The summed E-state index contributed by atoms with van der Waals surface area (Å²) >= 11 is 0. The van der Waals surface area contributed by atoms with Crippen LogP contribution >= 0.6 is 0 Å². The molecule has 1 heterocycles. The molecule has 1 aliphatic heterocycles. The van der Waals surface area contributed by atoms with Gasteiger partial charge in [-0.05, 0) is 19.3 Å². The molecule has 2 aliphatic rings. The van der Waals surface area contributed by atoms with Crippen molar-refractivity contribution in [3.63, 3.8) is 0 Å². The number of likely N-dealkylation sites (tertiary alicyclic amines) is 1. The van der Waals surface area contributed by atoms with Crippen LogP contribution < -0.4 is 5.32 Å². The number of rotatable bonds is 2. The first-order chi connectivity index (χ1) is 5.27. The average molecular weight is 154 g/mol. The van der Waals surface area contributed by atoms with Crippen molar-refractivity contribution in [3.8, 4) is 0 Å². The Morgan fingerprint density at radius 2 is 2.18 bits per heavy atom. The Hall–Kier alpha value is -0.570. The first kappa shape index (κ1) is 7.10. The molecular formula is C8H14N2O. The van der Waals surface area contributed by atoms with E-state index >= 15 is 0 Å². The standard InChI is InChI=1S/C8H14N2O/c1-10-5-4-7(8(10)11)9-6-2-3-6/h6-7,9H,2-5H2,1H3. The van der Waals surface area contributed by atoms with E-state index in [2.05, 4.69) is 5.32 Å². The fraction of sp³-hybridized carbons (Fsp3) is 0.875. The Bertz CT molecular complexity index is 177. The highest BCUT2D eigenvalue weighted by molar-refractivity contribution is 5.83. The summed E-state index contributed by atoms with van der Waals surface area (Å²) in [4.78, 5) is 13.1. The van der Waals surface area contributed by atoms with E-state index < -0.39 is 0 Å². The number of carbonyl (C=O) groups is 1. The van der Waals surface area contributed by atoms with Crippen molar-refractivity contribution in [2.24, 2.45) is 0 Å². The number of nitrogens with zero attached hydrogens (tertiary/aromatic N) is 1. The van der Waals surface area contributed by atoms with Crippen LogP contribution in [0.4, 0.5) is 0 Å². The van der Waals surface area contributed by atoms with Crippen LogP contribution in [0.1, 0.15) is 19.3 Å². The van der Waals surface area contributed by atoms with Crippen LogP contribution in [0, 0.1) is 0 Å². The molecule has 1 amide bonds. The van der Waals surface area contributed by atoms with E-state index in [1.54, 1.807) is 4.90 Å². The Kier molecular flexibility index (Phi) is 1.60. The predicted molar refractivity (Wildman–Crippen MR) is 42.2 cm³/mol. The molecule has 0 spiro atoms. The fourth-order valence-corrected chi connectivity index (χ4v) is 1.51. The van der Waals surface area contributed by atoms with Crippen LogP contribution in [-0.4, -0.2) is 36.5 Å². The van der Waals surface area contributed by atoms with Gasteiger partial charge in [0.1, 0.15) is 0 Å². The summed E-state index contributed by atoms with van der Waals surface area (Å²) in [6, 6.07) is 0.781. The van der Waals surface area contributed by atoms with E-state index in [1.807, 2.05) is 7.05 Å². The molecule has 2 fully saturated rings. The SMILES string of the molecule is CN1CCC(NC2CC2)C1=O. The number of hydrogen-bond donors (Lipinski definition) is 1. The highest BCUT2D eigenvalue weighted by Gasteiger charge is 2.33. The second kappa shape index (κ2) is 2.48. The van der Waals surface area contributed by atoms with Gasteiger partial charge >= 0.3 is 0 Å². The minimum atomic E-state index is 0.132. The van der Waals surface area contributed by atoms with E-state index in [0.717, 1.165) is 13.0 Å². The lowest BCUT2D eigenvalue weighted by atomic mass is 10.2. The number of hydrogen-bond acceptors (Lipinski definition) is 2. The van der Waals surface area contributed by atoms with Crippen molar-refractivity contribution in [2.45, 2.75) is 31.3 Å². The molecule has 1 saturated heterocycles. The van der Waals surface area contributed by atoms with Gasteiger partial charge in [-0.15, -0.1) is 0 Å². The lowest BCUT2D eigenvalue weighted by Gasteiger charge is -2.10. The normalized spacial score (nSPS) is 31.5. The van der Waals surface area contributed by atoms with Crippen LogP contribution in [0.2, 0.25) is 0 Å². The fourth-order valence-electron chi connectivity index (χ4n) is 1.51. The maximum atomic E-state index is 11.3. The van der Waals surface area contributed by atoms with Crippen molar-refractivity contribution in [3.05, 3.63) is 0 Å². The van der Waals surface area contributed by atoms with Crippen LogP contribution in [0.3, 0.4) is 0 Å². The van der Waals surface area contributed by atoms with E-state index in [4.69, 9.17) is 0 Å². The molecular weight excluding hydrogens is 140 g/mol. The third-order valence-corrected chi connectivity index (χ3v) is 2.44. The molecule has 3 heteroatoms. The summed E-state index contributed by atoms with van der Waals surface area (Å²) < 4.78 is 0. The highest BCUT2D eigenvalue weighted by atomic mass is 16.2. The highest BCUT2D eigenvalue weighted by Crippen LogP contribution is 2.21. The Morgan fingerprint density at radius 3 is 2.64 bits per heavy atom. The van der Waals surface area contributed by atoms with Gasteiger partial charge in [-0.3, -0.25) is 4.79 Å². The summed E-state index contributed by atoms with van der Waals surface area (Å²) in [5, 5.41) is 3.34. The average Bonchev–Trinajstić information content (AvgIpc) is 2.74. The number of nitrogens with one attached hydrogen (secondary N) is 1. The minimum Gasteiger partial charge on any atom is -0.344 e. The molecule has 62 valence electrons. The van der Waals surface area contributed by atoms with Gasteiger partial charge < -0.3 is 10.2 Å². The minimum absolute atomic E-state index is 0.132. The molecule has 1 unspecified atom stereocenters. The topological polar surface area (TPSA) is 32.3 Å². The number of amides is 1. The van der Waals surface area contributed by atoms with E-state index in [9.17, 15) is 4.79 Å². The maximum absolute atomic E-state index is 11.3. The largest absolute Gasteiger partial charge is 0.344 e. The van der Waals surface area contributed by atoms with Gasteiger partial charge in [-0.2, -0.15) is 0 Å². The Balaban J connectivity index is 1.88. The van der Waals surface area contributed by atoms with Crippen molar-refractivity contribution in [2.75, 3.05) is 13.6 Å². The van der Waals surface area contributed by atoms with Crippen molar-refractivity contribution < 1.29 is 4.79 Å². The van der Waals surface area contributed by atoms with Gasteiger partial charge in [-0.25, -0.2) is 0 Å². The molecule has 1 saturated carbocycles. The second-order valence-electron chi connectivity index (χ2n) is 3.54. The van der Waals surface area contributed by atoms with Crippen LogP contribution in [0.25, 0.3) is 0 Å². The summed E-state index contributed by atoms with van der Waals surface area (Å²) in [6.07, 6.45) is 3.51. The molecule has 0 aromatic heterocycles. The third-order valence-electron chi connectivity index (χ3n) is 2.44. The van der Waals surface area contributed by atoms with Gasteiger partial charge in [0.2, 0.25) is 5.91 Å². The molecule has 0 bridgehead atoms. The Morgan fingerprint density at radius 1 is 1.45 bits per heavy atom. The summed E-state index contributed by atoms with van der Waals surface area (Å²) in [6.45, 7) is 0.920. The van der Waals surface area contributed by atoms with E-state index in [0.29, 0.717) is 6.04 Å². The summed E-state index contributed by atoms with van der Waals surface area (Å²) in [5.41, 5.74) is 0. The molecule has 0 aromatic rings. The molecule has 1 aliphatic carbocycles. The first-order valence-electron chi connectivity index (χ1n) is 4.28. The van der Waals surface area contributed by atoms with Gasteiger partial charge in [0.05, 0.1) is 6.04 Å². The van der Waals surface area contributed by atoms with E-state index in [1.165, 1.54) is 12.8 Å². The van der Waals surface area contributed by atoms with Gasteiger partial charge in [-0.1, -0.05) is 0 Å². The van der Waals surface area contributed by atoms with Gasteiger partial charge in [0.15, 0.2) is 0 Å². The quantitative estimate of drug-likeness (QED) is 0.605.